The van der Waals surface area contributed by atoms with Gasteiger partial charge in [0.15, 0.2) is 0 Å². The normalized spacial score (nSPS) is 15.5. The van der Waals surface area contributed by atoms with Gasteiger partial charge < -0.3 is 15.5 Å². The summed E-state index contributed by atoms with van der Waals surface area (Å²) in [5, 5.41) is 10.8. The number of amides is 1. The average Bonchev–Trinajstić information content (AvgIpc) is 3.33. The maximum atomic E-state index is 12.9. The SMILES string of the molecule is CCn1cc2ncc(N[C@@H](C)c3cccc(NC(=O)c4ccc(CN5CCN(C)CC5)nc4)c3)nc2n1. The van der Waals surface area contributed by atoms with Crippen LogP contribution in [0.4, 0.5) is 11.5 Å². The minimum absolute atomic E-state index is 0.0487. The second-order valence-corrected chi connectivity index (χ2v) is 9.51. The van der Waals surface area contributed by atoms with Gasteiger partial charge in [0.25, 0.3) is 5.91 Å². The number of piperazine rings is 1. The van der Waals surface area contributed by atoms with Crippen molar-refractivity contribution in [1.29, 1.82) is 0 Å². The van der Waals surface area contributed by atoms with E-state index >= 15 is 0 Å². The Balaban J connectivity index is 1.19. The molecule has 1 amide bonds. The summed E-state index contributed by atoms with van der Waals surface area (Å²) < 4.78 is 1.82. The summed E-state index contributed by atoms with van der Waals surface area (Å²) in [6.45, 7) is 9.86. The molecule has 1 atom stereocenters. The van der Waals surface area contributed by atoms with Crippen molar-refractivity contribution in [3.8, 4) is 0 Å². The molecule has 1 aliphatic heterocycles. The largest absolute Gasteiger partial charge is 0.362 e. The number of aryl methyl sites for hydroxylation is 1. The first-order chi connectivity index (χ1) is 18.0. The summed E-state index contributed by atoms with van der Waals surface area (Å²) in [4.78, 5) is 31.2. The summed E-state index contributed by atoms with van der Waals surface area (Å²) in [7, 11) is 2.15. The van der Waals surface area contributed by atoms with E-state index < -0.39 is 0 Å². The number of aromatic nitrogens is 5. The van der Waals surface area contributed by atoms with E-state index in [0.717, 1.165) is 61.7 Å². The van der Waals surface area contributed by atoms with Gasteiger partial charge in [-0.25, -0.2) is 9.97 Å². The van der Waals surface area contributed by atoms with Crippen molar-refractivity contribution in [3.05, 3.63) is 71.8 Å². The molecule has 0 radical (unpaired) electrons. The number of benzene rings is 1. The Labute approximate surface area is 216 Å². The molecular weight excluding hydrogens is 466 g/mol. The first kappa shape index (κ1) is 24.8. The lowest BCUT2D eigenvalue weighted by molar-refractivity contribution is 0.102. The third kappa shape index (κ3) is 6.10. The van der Waals surface area contributed by atoms with E-state index in [-0.39, 0.29) is 11.9 Å². The van der Waals surface area contributed by atoms with Crippen molar-refractivity contribution in [2.24, 2.45) is 0 Å². The third-order valence-electron chi connectivity index (χ3n) is 6.68. The van der Waals surface area contributed by atoms with Gasteiger partial charge in [0.1, 0.15) is 11.3 Å². The number of pyridine rings is 1. The number of anilines is 2. The predicted molar refractivity (Wildman–Crippen MR) is 144 cm³/mol. The average molecular weight is 500 g/mol. The first-order valence-electron chi connectivity index (χ1n) is 12.7. The maximum Gasteiger partial charge on any atom is 0.257 e. The van der Waals surface area contributed by atoms with E-state index in [1.807, 2.05) is 61.1 Å². The van der Waals surface area contributed by atoms with Crippen LogP contribution in [0.2, 0.25) is 0 Å². The maximum absolute atomic E-state index is 12.9. The van der Waals surface area contributed by atoms with Crippen LogP contribution >= 0.6 is 0 Å². The van der Waals surface area contributed by atoms with Gasteiger partial charge in [0, 0.05) is 51.2 Å². The van der Waals surface area contributed by atoms with Gasteiger partial charge in [-0.1, -0.05) is 12.1 Å². The lowest BCUT2D eigenvalue weighted by Gasteiger charge is -2.32. The quantitative estimate of drug-likeness (QED) is 0.380. The molecule has 0 saturated carbocycles. The van der Waals surface area contributed by atoms with Crippen LogP contribution in [0, 0.1) is 0 Å². The van der Waals surface area contributed by atoms with E-state index in [1.54, 1.807) is 12.4 Å². The topological polar surface area (TPSA) is 104 Å². The van der Waals surface area contributed by atoms with Crippen LogP contribution in [-0.4, -0.2) is 73.7 Å². The van der Waals surface area contributed by atoms with Crippen LogP contribution in [-0.2, 0) is 13.1 Å². The number of likely N-dealkylation sites (N-methyl/N-ethyl adjacent to an activating group) is 1. The van der Waals surface area contributed by atoms with Crippen molar-refractivity contribution in [2.75, 3.05) is 43.9 Å². The molecule has 0 spiro atoms. The molecule has 4 heterocycles. The Morgan fingerprint density at radius 1 is 1.08 bits per heavy atom. The Hall–Kier alpha value is -3.89. The molecule has 1 saturated heterocycles. The third-order valence-corrected chi connectivity index (χ3v) is 6.68. The summed E-state index contributed by atoms with van der Waals surface area (Å²) in [5.74, 6) is 0.470. The highest BCUT2D eigenvalue weighted by Crippen LogP contribution is 2.22. The van der Waals surface area contributed by atoms with Crippen LogP contribution in [0.1, 0.15) is 41.5 Å². The molecule has 1 aromatic carbocycles. The van der Waals surface area contributed by atoms with Crippen LogP contribution in [0.3, 0.4) is 0 Å². The minimum atomic E-state index is -0.181. The van der Waals surface area contributed by atoms with Gasteiger partial charge in [-0.15, -0.1) is 0 Å². The number of rotatable bonds is 8. The van der Waals surface area contributed by atoms with Crippen LogP contribution in [0.25, 0.3) is 11.2 Å². The fraction of sp³-hybridized carbons (Fsp3) is 0.370. The molecule has 1 aliphatic rings. The lowest BCUT2D eigenvalue weighted by Crippen LogP contribution is -2.44. The molecule has 0 bridgehead atoms. The zero-order chi connectivity index (χ0) is 25.8. The van der Waals surface area contributed by atoms with Crippen LogP contribution in [0.15, 0.2) is 55.0 Å². The van der Waals surface area contributed by atoms with Gasteiger partial charge in [-0.05, 0) is 50.7 Å². The molecule has 3 aromatic heterocycles. The van der Waals surface area contributed by atoms with Gasteiger partial charge in [0.05, 0.1) is 29.7 Å². The number of nitrogens with one attached hydrogen (secondary N) is 2. The molecule has 4 aromatic rings. The Morgan fingerprint density at radius 2 is 1.92 bits per heavy atom. The lowest BCUT2D eigenvalue weighted by atomic mass is 10.1. The summed E-state index contributed by atoms with van der Waals surface area (Å²) in [6.07, 6.45) is 5.26. The van der Waals surface area contributed by atoms with E-state index in [1.165, 1.54) is 0 Å². The highest BCUT2D eigenvalue weighted by Gasteiger charge is 2.15. The molecular formula is C27H33N9O. The summed E-state index contributed by atoms with van der Waals surface area (Å²) >= 11 is 0. The first-order valence-corrected chi connectivity index (χ1v) is 12.7. The zero-order valence-electron chi connectivity index (χ0n) is 21.6. The summed E-state index contributed by atoms with van der Waals surface area (Å²) in [5.41, 5.74) is 4.63. The number of carbonyl (C=O) groups excluding carboxylic acids is 1. The predicted octanol–water partition coefficient (Wildman–Crippen LogP) is 3.41. The van der Waals surface area contributed by atoms with Crippen LogP contribution < -0.4 is 10.6 Å². The monoisotopic (exact) mass is 499 g/mol. The molecule has 1 fully saturated rings. The number of carbonyl (C=O) groups is 1. The highest BCUT2D eigenvalue weighted by atomic mass is 16.1. The van der Waals surface area contributed by atoms with Crippen LogP contribution in [0.5, 0.6) is 0 Å². The van der Waals surface area contributed by atoms with Gasteiger partial charge in [-0.3, -0.25) is 19.4 Å². The van der Waals surface area contributed by atoms with E-state index in [4.69, 9.17) is 0 Å². The van der Waals surface area contributed by atoms with Crippen molar-refractivity contribution >= 4 is 28.6 Å². The highest BCUT2D eigenvalue weighted by molar-refractivity contribution is 6.04. The van der Waals surface area contributed by atoms with Crippen molar-refractivity contribution in [1.82, 2.24) is 34.5 Å². The van der Waals surface area contributed by atoms with Crippen molar-refractivity contribution in [2.45, 2.75) is 33.0 Å². The van der Waals surface area contributed by atoms with Crippen molar-refractivity contribution < 1.29 is 4.79 Å². The number of hydrogen-bond acceptors (Lipinski definition) is 8. The molecule has 192 valence electrons. The Kier molecular flexibility index (Phi) is 7.38. The molecule has 0 aliphatic carbocycles. The molecule has 10 heteroatoms. The number of nitrogens with zero attached hydrogens (tertiary/aromatic N) is 7. The summed E-state index contributed by atoms with van der Waals surface area (Å²) in [6, 6.07) is 11.5. The minimum Gasteiger partial charge on any atom is -0.362 e. The molecule has 37 heavy (non-hydrogen) atoms. The second-order valence-electron chi connectivity index (χ2n) is 9.51. The molecule has 10 nitrogen and oxygen atoms in total. The fourth-order valence-electron chi connectivity index (χ4n) is 4.36. The number of hydrogen-bond donors (Lipinski definition) is 2. The van der Waals surface area contributed by atoms with E-state index in [2.05, 4.69) is 47.5 Å². The standard InChI is InChI=1S/C27H33N9O/c1-4-36-18-24-26(33-36)32-25(16-29-24)30-19(2)20-6-5-7-22(14-20)31-27(37)21-8-9-23(28-15-21)17-35-12-10-34(3)11-13-35/h5-9,14-16,18-19H,4,10-13,17H2,1-3H3,(H,31,37)(H,30,32,33)/t19-/m0/s1. The molecule has 2 N–H and O–H groups in total. The Bertz CT molecular complexity index is 1360. The smallest absolute Gasteiger partial charge is 0.257 e. The van der Waals surface area contributed by atoms with E-state index in [9.17, 15) is 4.79 Å². The van der Waals surface area contributed by atoms with E-state index in [0.29, 0.717) is 17.0 Å². The zero-order valence-corrected chi connectivity index (χ0v) is 21.6. The molecule has 5 rings (SSSR count). The Morgan fingerprint density at radius 3 is 2.68 bits per heavy atom. The fourth-order valence-corrected chi connectivity index (χ4v) is 4.36. The van der Waals surface area contributed by atoms with Gasteiger partial charge >= 0.3 is 0 Å². The number of fused-ring (bicyclic) bond motifs is 1. The van der Waals surface area contributed by atoms with Gasteiger partial charge in [0.2, 0.25) is 5.65 Å². The second kappa shape index (κ2) is 11.0. The molecule has 0 unspecified atom stereocenters. The van der Waals surface area contributed by atoms with Crippen molar-refractivity contribution in [3.63, 3.8) is 0 Å². The van der Waals surface area contributed by atoms with Gasteiger partial charge in [-0.2, -0.15) is 5.10 Å².